The van der Waals surface area contributed by atoms with E-state index in [0.29, 0.717) is 0 Å². The fourth-order valence-corrected chi connectivity index (χ4v) is 2.27. The lowest BCUT2D eigenvalue weighted by atomic mass is 9.74. The highest BCUT2D eigenvalue weighted by atomic mass is 16.3. The van der Waals surface area contributed by atoms with Gasteiger partial charge in [-0.15, -0.1) is 0 Å². The maximum atomic E-state index is 9.13. The van der Waals surface area contributed by atoms with Gasteiger partial charge in [0.05, 0.1) is 12.9 Å². The highest BCUT2D eigenvalue weighted by Crippen LogP contribution is 2.42. The monoisotopic (exact) mass is 192 g/mol. The molecular formula is C12H16O2. The molecule has 14 heavy (non-hydrogen) atoms. The van der Waals surface area contributed by atoms with E-state index in [1.165, 1.54) is 0 Å². The van der Waals surface area contributed by atoms with Crippen LogP contribution >= 0.6 is 0 Å². The molecule has 0 saturated heterocycles. The minimum atomic E-state index is 0.0400. The Hall–Kier alpha value is -1.02. The normalized spacial score (nSPS) is 19.5. The Kier molecular flexibility index (Phi) is 2.04. The molecule has 0 atom stereocenters. The molecule has 1 aliphatic rings. The van der Waals surface area contributed by atoms with Gasteiger partial charge in [0.1, 0.15) is 5.76 Å². The van der Waals surface area contributed by atoms with E-state index < -0.39 is 0 Å². The Bertz CT molecular complexity index is 372. The maximum Gasteiger partial charge on any atom is 0.112 e. The Balaban J connectivity index is 2.47. The number of allylic oxidation sites excluding steroid dienone is 1. The summed E-state index contributed by atoms with van der Waals surface area (Å²) in [4.78, 5) is 0. The van der Waals surface area contributed by atoms with Gasteiger partial charge in [0, 0.05) is 17.5 Å². The van der Waals surface area contributed by atoms with Crippen molar-refractivity contribution in [2.75, 3.05) is 0 Å². The summed E-state index contributed by atoms with van der Waals surface area (Å²) in [6, 6.07) is 0. The van der Waals surface area contributed by atoms with Gasteiger partial charge in [-0.2, -0.15) is 0 Å². The molecule has 1 aliphatic carbocycles. The third-order valence-corrected chi connectivity index (χ3v) is 2.80. The molecule has 1 aromatic heterocycles. The molecular weight excluding hydrogens is 176 g/mol. The fourth-order valence-electron chi connectivity index (χ4n) is 2.27. The van der Waals surface area contributed by atoms with E-state index in [1.54, 1.807) is 6.26 Å². The number of rotatable bonds is 1. The van der Waals surface area contributed by atoms with E-state index in [1.807, 2.05) is 0 Å². The molecule has 0 bridgehead atoms. The van der Waals surface area contributed by atoms with E-state index in [0.717, 1.165) is 35.3 Å². The van der Waals surface area contributed by atoms with Gasteiger partial charge in [-0.1, -0.05) is 20.4 Å². The summed E-state index contributed by atoms with van der Waals surface area (Å²) in [5.41, 5.74) is 3.26. The molecule has 0 unspecified atom stereocenters. The number of hydrogen-bond acceptors (Lipinski definition) is 2. The standard InChI is InChI=1S/C12H16O2/c1-8-4-12(2,3)5-10-11(8)9(6-13)7-14-10/h7,13H,1,4-6H2,2-3H3. The number of aliphatic hydroxyl groups is 1. The molecule has 2 heteroatoms. The van der Waals surface area contributed by atoms with Crippen LogP contribution in [0.4, 0.5) is 0 Å². The van der Waals surface area contributed by atoms with E-state index >= 15 is 0 Å². The summed E-state index contributed by atoms with van der Waals surface area (Å²) in [5.74, 6) is 0.982. The van der Waals surface area contributed by atoms with Gasteiger partial charge in [-0.3, -0.25) is 0 Å². The van der Waals surface area contributed by atoms with Gasteiger partial charge in [-0.25, -0.2) is 0 Å². The lowest BCUT2D eigenvalue weighted by Crippen LogP contribution is -2.20. The topological polar surface area (TPSA) is 33.4 Å². The van der Waals surface area contributed by atoms with Crippen LogP contribution < -0.4 is 0 Å². The highest BCUT2D eigenvalue weighted by Gasteiger charge is 2.31. The van der Waals surface area contributed by atoms with Crippen LogP contribution in [0.2, 0.25) is 0 Å². The molecule has 1 N–H and O–H groups in total. The zero-order chi connectivity index (χ0) is 10.3. The minimum Gasteiger partial charge on any atom is -0.468 e. The first-order valence-electron chi connectivity index (χ1n) is 4.92. The van der Waals surface area contributed by atoms with Crippen molar-refractivity contribution in [1.82, 2.24) is 0 Å². The van der Waals surface area contributed by atoms with E-state index in [9.17, 15) is 0 Å². The Morgan fingerprint density at radius 3 is 2.86 bits per heavy atom. The van der Waals surface area contributed by atoms with Crippen molar-refractivity contribution in [3.05, 3.63) is 29.7 Å². The number of hydrogen-bond donors (Lipinski definition) is 1. The molecule has 2 nitrogen and oxygen atoms in total. The summed E-state index contributed by atoms with van der Waals surface area (Å²) < 4.78 is 5.46. The van der Waals surface area contributed by atoms with E-state index in [4.69, 9.17) is 9.52 Å². The molecule has 1 heterocycles. The molecule has 0 amide bonds. The van der Waals surface area contributed by atoms with Crippen LogP contribution in [0, 0.1) is 5.41 Å². The van der Waals surface area contributed by atoms with Crippen LogP contribution in [0.15, 0.2) is 17.3 Å². The van der Waals surface area contributed by atoms with Crippen molar-refractivity contribution in [2.24, 2.45) is 5.41 Å². The van der Waals surface area contributed by atoms with Crippen molar-refractivity contribution in [3.63, 3.8) is 0 Å². The Labute approximate surface area is 84.2 Å². The molecule has 0 fully saturated rings. The van der Waals surface area contributed by atoms with Gasteiger partial charge in [0.25, 0.3) is 0 Å². The van der Waals surface area contributed by atoms with Gasteiger partial charge < -0.3 is 9.52 Å². The molecule has 76 valence electrons. The van der Waals surface area contributed by atoms with Crippen LogP contribution in [0.1, 0.15) is 37.2 Å². The largest absolute Gasteiger partial charge is 0.468 e. The second kappa shape index (κ2) is 2.99. The van der Waals surface area contributed by atoms with Crippen LogP contribution in [0.3, 0.4) is 0 Å². The molecule has 0 aromatic carbocycles. The van der Waals surface area contributed by atoms with Crippen molar-refractivity contribution in [3.8, 4) is 0 Å². The molecule has 1 aromatic rings. The van der Waals surface area contributed by atoms with Gasteiger partial charge in [0.2, 0.25) is 0 Å². The summed E-state index contributed by atoms with van der Waals surface area (Å²) in [6.45, 7) is 8.52. The lowest BCUT2D eigenvalue weighted by Gasteiger charge is -2.30. The van der Waals surface area contributed by atoms with Crippen molar-refractivity contribution in [2.45, 2.75) is 33.3 Å². The van der Waals surface area contributed by atoms with Crippen molar-refractivity contribution < 1.29 is 9.52 Å². The molecule has 0 saturated carbocycles. The second-order valence-corrected chi connectivity index (χ2v) is 4.84. The maximum absolute atomic E-state index is 9.13. The lowest BCUT2D eigenvalue weighted by molar-refractivity contribution is 0.280. The summed E-state index contributed by atoms with van der Waals surface area (Å²) in [7, 11) is 0. The minimum absolute atomic E-state index is 0.0400. The summed E-state index contributed by atoms with van der Waals surface area (Å²) in [6.07, 6.45) is 3.56. The van der Waals surface area contributed by atoms with Gasteiger partial charge in [0.15, 0.2) is 0 Å². The molecule has 0 aliphatic heterocycles. The number of aliphatic hydroxyl groups excluding tert-OH is 1. The summed E-state index contributed by atoms with van der Waals surface area (Å²) in [5, 5.41) is 9.13. The Morgan fingerprint density at radius 2 is 2.21 bits per heavy atom. The third kappa shape index (κ3) is 1.40. The zero-order valence-electron chi connectivity index (χ0n) is 8.76. The zero-order valence-corrected chi connectivity index (χ0v) is 8.76. The van der Waals surface area contributed by atoms with Gasteiger partial charge in [-0.05, 0) is 17.4 Å². The molecule has 2 rings (SSSR count). The number of fused-ring (bicyclic) bond motifs is 1. The number of furan rings is 1. The van der Waals surface area contributed by atoms with Crippen LogP contribution in [-0.2, 0) is 13.0 Å². The first-order valence-corrected chi connectivity index (χ1v) is 4.92. The van der Waals surface area contributed by atoms with Crippen molar-refractivity contribution >= 4 is 5.57 Å². The van der Waals surface area contributed by atoms with Crippen molar-refractivity contribution in [1.29, 1.82) is 0 Å². The first kappa shape index (κ1) is 9.53. The van der Waals surface area contributed by atoms with Crippen LogP contribution in [-0.4, -0.2) is 5.11 Å². The third-order valence-electron chi connectivity index (χ3n) is 2.80. The van der Waals surface area contributed by atoms with E-state index in [2.05, 4.69) is 20.4 Å². The molecule has 0 radical (unpaired) electrons. The van der Waals surface area contributed by atoms with Crippen LogP contribution in [0.25, 0.3) is 5.57 Å². The average molecular weight is 192 g/mol. The quantitative estimate of drug-likeness (QED) is 0.742. The van der Waals surface area contributed by atoms with Crippen LogP contribution in [0.5, 0.6) is 0 Å². The molecule has 0 spiro atoms. The average Bonchev–Trinajstić information content (AvgIpc) is 2.44. The predicted molar refractivity (Wildman–Crippen MR) is 55.8 cm³/mol. The van der Waals surface area contributed by atoms with E-state index in [-0.39, 0.29) is 12.0 Å². The smallest absolute Gasteiger partial charge is 0.112 e. The highest BCUT2D eigenvalue weighted by molar-refractivity contribution is 5.70. The predicted octanol–water partition coefficient (Wildman–Crippen LogP) is 2.76. The van der Waals surface area contributed by atoms with Gasteiger partial charge >= 0.3 is 0 Å². The summed E-state index contributed by atoms with van der Waals surface area (Å²) >= 11 is 0. The fraction of sp³-hybridized carbons (Fsp3) is 0.500. The second-order valence-electron chi connectivity index (χ2n) is 4.84. The Morgan fingerprint density at radius 1 is 1.50 bits per heavy atom. The first-order chi connectivity index (χ1) is 6.53. The SMILES string of the molecule is C=C1CC(C)(C)Cc2occ(CO)c21.